The average molecular weight is 498 g/mol. The van der Waals surface area contributed by atoms with Crippen LogP contribution in [0.25, 0.3) is 6.08 Å². The minimum Gasteiger partial charge on any atom is -0.507 e. The maximum Gasteiger partial charge on any atom is 0.294 e. The fraction of sp³-hybridized carbons (Fsp3) is 0.105. The van der Waals surface area contributed by atoms with Gasteiger partial charge in [0.15, 0.2) is 0 Å². The molecule has 3 rings (SSSR count). The fourth-order valence-electron chi connectivity index (χ4n) is 2.49. The van der Waals surface area contributed by atoms with Gasteiger partial charge in [-0.05, 0) is 69.7 Å². The first-order chi connectivity index (χ1) is 13.8. The molecule has 1 aliphatic rings. The number of phenolic OH excluding ortho intramolecular Hbond substituents is 1. The largest absolute Gasteiger partial charge is 0.507 e. The van der Waals surface area contributed by atoms with Crippen LogP contribution >= 0.6 is 39.3 Å². The van der Waals surface area contributed by atoms with E-state index >= 15 is 0 Å². The lowest BCUT2D eigenvalue weighted by molar-refractivity contribution is -0.127. The van der Waals surface area contributed by atoms with Crippen LogP contribution < -0.4 is 10.1 Å². The number of nitrogens with one attached hydrogen (secondary N) is 1. The van der Waals surface area contributed by atoms with E-state index in [-0.39, 0.29) is 10.7 Å². The van der Waals surface area contributed by atoms with Crippen molar-refractivity contribution in [2.75, 3.05) is 19.0 Å². The molecule has 0 saturated carbocycles. The Hall–Kier alpha value is -2.49. The molecule has 0 bridgehead atoms. The van der Waals surface area contributed by atoms with E-state index < -0.39 is 23.6 Å². The highest BCUT2D eigenvalue weighted by Gasteiger charge is 2.36. The van der Waals surface area contributed by atoms with Gasteiger partial charge in [0.1, 0.15) is 18.0 Å². The molecule has 1 aliphatic heterocycles. The number of benzene rings is 2. The molecule has 0 atom stereocenters. The summed E-state index contributed by atoms with van der Waals surface area (Å²) in [6, 6.07) is 9.38. The number of hydrogen-bond acceptors (Lipinski definition) is 6. The van der Waals surface area contributed by atoms with Gasteiger partial charge < -0.3 is 15.2 Å². The van der Waals surface area contributed by atoms with Gasteiger partial charge in [-0.25, -0.2) is 0 Å². The minimum absolute atomic E-state index is 0.0607. The van der Waals surface area contributed by atoms with Gasteiger partial charge in [-0.2, -0.15) is 0 Å². The molecule has 0 aromatic heterocycles. The summed E-state index contributed by atoms with van der Waals surface area (Å²) in [5.41, 5.74) is 1.04. The number of methoxy groups -OCH3 is 1. The van der Waals surface area contributed by atoms with E-state index in [9.17, 15) is 19.5 Å². The second-order valence-corrected chi connectivity index (χ2v) is 8.13. The molecular weight excluding hydrogens is 484 g/mol. The van der Waals surface area contributed by atoms with Gasteiger partial charge in [-0.15, -0.1) is 0 Å². The van der Waals surface area contributed by atoms with Crippen molar-refractivity contribution in [3.63, 3.8) is 0 Å². The number of amides is 3. The number of ether oxygens (including phenoxy) is 1. The highest BCUT2D eigenvalue weighted by molar-refractivity contribution is 9.10. The molecule has 150 valence electrons. The summed E-state index contributed by atoms with van der Waals surface area (Å²) < 4.78 is 5.51. The van der Waals surface area contributed by atoms with Crippen molar-refractivity contribution in [1.29, 1.82) is 0 Å². The standard InChI is InChI=1S/C19H14BrClN2O5S/c1-28-15-5-3-11(8-13(15)21)22-17(25)9-23-18(26)16(29-19(23)27)7-10-2-4-14(24)12(20)6-10/h2-8,24H,9H2,1H3,(H,22,25). The van der Waals surface area contributed by atoms with E-state index in [1.807, 2.05) is 0 Å². The van der Waals surface area contributed by atoms with Crippen molar-refractivity contribution < 1.29 is 24.2 Å². The fourth-order valence-corrected chi connectivity index (χ4v) is 3.98. The monoisotopic (exact) mass is 496 g/mol. The van der Waals surface area contributed by atoms with E-state index in [0.717, 1.165) is 16.7 Å². The zero-order valence-corrected chi connectivity index (χ0v) is 18.1. The van der Waals surface area contributed by atoms with Crippen LogP contribution in [0.15, 0.2) is 45.8 Å². The third kappa shape index (κ3) is 4.92. The summed E-state index contributed by atoms with van der Waals surface area (Å²) in [5.74, 6) is -0.582. The van der Waals surface area contributed by atoms with E-state index in [0.29, 0.717) is 26.5 Å². The zero-order valence-electron chi connectivity index (χ0n) is 14.9. The molecule has 2 N–H and O–H groups in total. The lowest BCUT2D eigenvalue weighted by Crippen LogP contribution is -2.36. The first-order valence-corrected chi connectivity index (χ1v) is 10.1. The third-order valence-corrected chi connectivity index (χ3v) is 5.72. The smallest absolute Gasteiger partial charge is 0.294 e. The second-order valence-electron chi connectivity index (χ2n) is 5.88. The first-order valence-electron chi connectivity index (χ1n) is 8.15. The van der Waals surface area contributed by atoms with E-state index in [2.05, 4.69) is 21.2 Å². The number of halogens is 2. The maximum atomic E-state index is 12.5. The maximum absolute atomic E-state index is 12.5. The topological polar surface area (TPSA) is 95.9 Å². The number of phenols is 1. The number of aromatic hydroxyl groups is 1. The highest BCUT2D eigenvalue weighted by atomic mass is 79.9. The first kappa shape index (κ1) is 21.2. The summed E-state index contributed by atoms with van der Waals surface area (Å²) >= 11 is 9.96. The normalized spacial score (nSPS) is 15.1. The summed E-state index contributed by atoms with van der Waals surface area (Å²) in [6.07, 6.45) is 1.52. The second kappa shape index (κ2) is 8.89. The Kier molecular flexibility index (Phi) is 6.51. The van der Waals surface area contributed by atoms with Gasteiger partial charge >= 0.3 is 0 Å². The summed E-state index contributed by atoms with van der Waals surface area (Å²) in [7, 11) is 1.48. The molecule has 10 heteroatoms. The zero-order chi connectivity index (χ0) is 21.1. The molecule has 3 amide bonds. The van der Waals surface area contributed by atoms with Crippen molar-refractivity contribution in [3.8, 4) is 11.5 Å². The molecule has 0 radical (unpaired) electrons. The predicted octanol–water partition coefficient (Wildman–Crippen LogP) is 4.49. The number of nitrogens with zero attached hydrogens (tertiary/aromatic N) is 1. The van der Waals surface area contributed by atoms with Crippen LogP contribution in [0.5, 0.6) is 11.5 Å². The Morgan fingerprint density at radius 2 is 2.07 bits per heavy atom. The Morgan fingerprint density at radius 3 is 2.72 bits per heavy atom. The molecule has 1 saturated heterocycles. The molecule has 0 aliphatic carbocycles. The highest BCUT2D eigenvalue weighted by Crippen LogP contribution is 2.33. The van der Waals surface area contributed by atoms with Gasteiger partial charge in [-0.3, -0.25) is 19.3 Å². The quantitative estimate of drug-likeness (QED) is 0.591. The molecule has 1 fully saturated rings. The minimum atomic E-state index is -0.563. The van der Waals surface area contributed by atoms with E-state index in [1.54, 1.807) is 24.3 Å². The molecule has 2 aromatic rings. The Labute approximate surface area is 183 Å². The average Bonchev–Trinajstić information content (AvgIpc) is 2.92. The van der Waals surface area contributed by atoms with Crippen LogP contribution in [0.3, 0.4) is 0 Å². The molecule has 2 aromatic carbocycles. The number of carbonyl (C=O) groups is 3. The van der Waals surface area contributed by atoms with Gasteiger partial charge in [0.25, 0.3) is 11.1 Å². The summed E-state index contributed by atoms with van der Waals surface area (Å²) in [6.45, 7) is -0.426. The number of carbonyl (C=O) groups excluding carboxylic acids is 3. The van der Waals surface area contributed by atoms with Gasteiger partial charge in [0.2, 0.25) is 5.91 Å². The van der Waals surface area contributed by atoms with Gasteiger partial charge in [0, 0.05) is 5.69 Å². The molecule has 0 unspecified atom stereocenters. The van der Waals surface area contributed by atoms with Gasteiger partial charge in [0.05, 0.1) is 21.5 Å². The van der Waals surface area contributed by atoms with Crippen molar-refractivity contribution in [2.45, 2.75) is 0 Å². The number of rotatable bonds is 5. The van der Waals surface area contributed by atoms with Crippen LogP contribution in [-0.4, -0.2) is 40.7 Å². The Morgan fingerprint density at radius 1 is 1.31 bits per heavy atom. The Bertz CT molecular complexity index is 1040. The van der Waals surface area contributed by atoms with Crippen molar-refractivity contribution >= 4 is 68.1 Å². The van der Waals surface area contributed by atoms with Crippen molar-refractivity contribution in [3.05, 3.63) is 56.4 Å². The van der Waals surface area contributed by atoms with Gasteiger partial charge in [-0.1, -0.05) is 17.7 Å². The van der Waals surface area contributed by atoms with Crippen LogP contribution in [0.2, 0.25) is 5.02 Å². The van der Waals surface area contributed by atoms with Crippen molar-refractivity contribution in [1.82, 2.24) is 4.90 Å². The van der Waals surface area contributed by atoms with E-state index in [1.165, 1.54) is 25.3 Å². The molecule has 1 heterocycles. The van der Waals surface area contributed by atoms with Crippen molar-refractivity contribution in [2.24, 2.45) is 0 Å². The number of hydrogen-bond donors (Lipinski definition) is 2. The van der Waals surface area contributed by atoms with E-state index in [4.69, 9.17) is 16.3 Å². The lowest BCUT2D eigenvalue weighted by atomic mass is 10.2. The Balaban J connectivity index is 1.69. The van der Waals surface area contributed by atoms with Crippen LogP contribution in [-0.2, 0) is 9.59 Å². The number of anilines is 1. The lowest BCUT2D eigenvalue weighted by Gasteiger charge is -2.13. The predicted molar refractivity (Wildman–Crippen MR) is 115 cm³/mol. The third-order valence-electron chi connectivity index (χ3n) is 3.88. The summed E-state index contributed by atoms with van der Waals surface area (Å²) in [5, 5.41) is 11.9. The number of thioether (sulfide) groups is 1. The summed E-state index contributed by atoms with van der Waals surface area (Å²) in [4.78, 5) is 38.1. The van der Waals surface area contributed by atoms with Crippen LogP contribution in [0, 0.1) is 0 Å². The molecule has 29 heavy (non-hydrogen) atoms. The molecule has 0 spiro atoms. The number of imide groups is 1. The van der Waals surface area contributed by atoms with Crippen LogP contribution in [0.4, 0.5) is 10.5 Å². The molecular formula is C19H14BrClN2O5S. The van der Waals surface area contributed by atoms with Crippen LogP contribution in [0.1, 0.15) is 5.56 Å². The SMILES string of the molecule is COc1ccc(NC(=O)CN2C(=O)SC(=Cc3ccc(O)c(Br)c3)C2=O)cc1Cl. The molecule has 7 nitrogen and oxygen atoms in total.